The Balaban J connectivity index is 0.000000522. The third-order valence-corrected chi connectivity index (χ3v) is 4.38. The third-order valence-electron chi connectivity index (χ3n) is 3.30. The number of nitrogens with two attached hydrogens (primary N) is 2. The second kappa shape index (κ2) is 11.4. The van der Waals surface area contributed by atoms with E-state index in [0.717, 1.165) is 6.07 Å². The van der Waals surface area contributed by atoms with E-state index >= 15 is 0 Å². The van der Waals surface area contributed by atoms with E-state index < -0.39 is 11.7 Å². The molecular weight excluding hydrogens is 357 g/mol. The van der Waals surface area contributed by atoms with E-state index in [4.69, 9.17) is 11.5 Å². The van der Waals surface area contributed by atoms with Crippen LogP contribution in [0.2, 0.25) is 0 Å². The van der Waals surface area contributed by atoms with E-state index in [2.05, 4.69) is 6.07 Å². The zero-order valence-corrected chi connectivity index (χ0v) is 17.0. The maximum atomic E-state index is 12.4. The zero-order chi connectivity index (χ0) is 20.4. The summed E-state index contributed by atoms with van der Waals surface area (Å²) in [5.41, 5.74) is 11.1. The number of hydrogen-bond acceptors (Lipinski definition) is 3. The van der Waals surface area contributed by atoms with E-state index in [1.807, 2.05) is 46.1 Å². The standard InChI is InChI=1S/C12H16F3N.C6H9NS.C2H6/c1-11(2,16)7-6-9-4-3-5-10(8-9)12(13,14)15;1-5(7)6-3-2-4-8-6;1-2/h3-5,8H,6-7,16H2,1-2H3;2-5H,7H2,1H3;1-2H3. The second-order valence-corrected chi connectivity index (χ2v) is 7.47. The first-order valence-electron chi connectivity index (χ1n) is 8.73. The molecule has 0 saturated carbocycles. The number of benzene rings is 1. The Morgan fingerprint density at radius 1 is 1.08 bits per heavy atom. The molecule has 1 aromatic carbocycles. The van der Waals surface area contributed by atoms with Gasteiger partial charge in [0.1, 0.15) is 0 Å². The fourth-order valence-corrected chi connectivity index (χ4v) is 2.61. The molecule has 1 aromatic heterocycles. The number of aryl methyl sites for hydroxylation is 1. The van der Waals surface area contributed by atoms with Crippen LogP contribution < -0.4 is 11.5 Å². The molecule has 0 aliphatic heterocycles. The molecule has 6 heteroatoms. The monoisotopic (exact) mass is 388 g/mol. The maximum Gasteiger partial charge on any atom is 0.416 e. The molecule has 0 aliphatic rings. The highest BCUT2D eigenvalue weighted by molar-refractivity contribution is 7.10. The lowest BCUT2D eigenvalue weighted by Crippen LogP contribution is -2.32. The molecule has 148 valence electrons. The lowest BCUT2D eigenvalue weighted by Gasteiger charge is -2.18. The molecule has 2 aromatic rings. The molecule has 0 fully saturated rings. The number of rotatable bonds is 4. The predicted molar refractivity (Wildman–Crippen MR) is 106 cm³/mol. The van der Waals surface area contributed by atoms with Gasteiger partial charge in [0.2, 0.25) is 0 Å². The summed E-state index contributed by atoms with van der Waals surface area (Å²) >= 11 is 1.71. The quantitative estimate of drug-likeness (QED) is 0.658. The van der Waals surface area contributed by atoms with Crippen LogP contribution in [0, 0.1) is 0 Å². The SMILES string of the molecule is CC.CC(C)(N)CCc1cccc(C(F)(F)F)c1.CC(N)c1cccs1. The maximum absolute atomic E-state index is 12.4. The molecule has 1 atom stereocenters. The van der Waals surface area contributed by atoms with Crippen molar-refractivity contribution in [2.75, 3.05) is 0 Å². The molecule has 0 saturated heterocycles. The lowest BCUT2D eigenvalue weighted by molar-refractivity contribution is -0.137. The Kier molecular flexibility index (Phi) is 10.8. The summed E-state index contributed by atoms with van der Waals surface area (Å²) in [6.45, 7) is 9.72. The van der Waals surface area contributed by atoms with E-state index in [0.29, 0.717) is 18.4 Å². The van der Waals surface area contributed by atoms with Crippen molar-refractivity contribution in [2.24, 2.45) is 11.5 Å². The number of thiophene rings is 1. The first-order valence-corrected chi connectivity index (χ1v) is 9.61. The van der Waals surface area contributed by atoms with Crippen LogP contribution in [0.25, 0.3) is 0 Å². The molecule has 2 nitrogen and oxygen atoms in total. The molecule has 0 bridgehead atoms. The van der Waals surface area contributed by atoms with Gasteiger partial charge in [0, 0.05) is 16.5 Å². The van der Waals surface area contributed by atoms with Crippen molar-refractivity contribution >= 4 is 11.3 Å². The molecule has 1 unspecified atom stereocenters. The highest BCUT2D eigenvalue weighted by atomic mass is 32.1. The summed E-state index contributed by atoms with van der Waals surface area (Å²) < 4.78 is 37.3. The molecule has 1 heterocycles. The van der Waals surface area contributed by atoms with Crippen molar-refractivity contribution in [2.45, 2.75) is 65.2 Å². The van der Waals surface area contributed by atoms with Gasteiger partial charge in [-0.1, -0.05) is 38.1 Å². The van der Waals surface area contributed by atoms with Crippen molar-refractivity contribution in [1.29, 1.82) is 0 Å². The summed E-state index contributed by atoms with van der Waals surface area (Å²) in [6.07, 6.45) is -3.05. The number of alkyl halides is 3. The average molecular weight is 389 g/mol. The topological polar surface area (TPSA) is 52.0 Å². The van der Waals surface area contributed by atoms with Crippen molar-refractivity contribution in [3.63, 3.8) is 0 Å². The largest absolute Gasteiger partial charge is 0.416 e. The number of halogens is 3. The fourth-order valence-electron chi connectivity index (χ4n) is 1.92. The normalized spacial score (nSPS) is 12.4. The van der Waals surface area contributed by atoms with Crippen molar-refractivity contribution < 1.29 is 13.2 Å². The van der Waals surface area contributed by atoms with Crippen LogP contribution in [-0.4, -0.2) is 5.54 Å². The van der Waals surface area contributed by atoms with E-state index in [-0.39, 0.29) is 11.6 Å². The summed E-state index contributed by atoms with van der Waals surface area (Å²) in [6, 6.07) is 9.67. The predicted octanol–water partition coefficient (Wildman–Crippen LogP) is 6.17. The summed E-state index contributed by atoms with van der Waals surface area (Å²) in [5.74, 6) is 0. The van der Waals surface area contributed by atoms with Gasteiger partial charge >= 0.3 is 6.18 Å². The minimum Gasteiger partial charge on any atom is -0.326 e. The van der Waals surface area contributed by atoms with Gasteiger partial charge in [-0.05, 0) is 56.7 Å². The molecular formula is C20H31F3N2S. The molecule has 0 spiro atoms. The van der Waals surface area contributed by atoms with Crippen molar-refractivity contribution in [3.05, 3.63) is 57.8 Å². The van der Waals surface area contributed by atoms with Crippen LogP contribution in [0.5, 0.6) is 0 Å². The van der Waals surface area contributed by atoms with Gasteiger partial charge in [-0.25, -0.2) is 0 Å². The fraction of sp³-hybridized carbons (Fsp3) is 0.500. The Morgan fingerprint density at radius 3 is 2.08 bits per heavy atom. The van der Waals surface area contributed by atoms with Crippen LogP contribution in [0.1, 0.15) is 63.1 Å². The first-order chi connectivity index (χ1) is 12.0. The molecule has 2 rings (SSSR count). The minimum atomic E-state index is -4.27. The lowest BCUT2D eigenvalue weighted by atomic mass is 9.96. The van der Waals surface area contributed by atoms with Crippen LogP contribution in [-0.2, 0) is 12.6 Å². The first kappa shape index (κ1) is 24.6. The summed E-state index contributed by atoms with van der Waals surface area (Å²) in [4.78, 5) is 1.25. The Hall–Kier alpha value is -1.37. The van der Waals surface area contributed by atoms with E-state index in [1.54, 1.807) is 17.4 Å². The van der Waals surface area contributed by atoms with E-state index in [9.17, 15) is 13.2 Å². The van der Waals surface area contributed by atoms with Gasteiger partial charge in [-0.15, -0.1) is 11.3 Å². The van der Waals surface area contributed by atoms with Crippen molar-refractivity contribution in [1.82, 2.24) is 0 Å². The molecule has 0 aliphatic carbocycles. The Labute approximate surface area is 159 Å². The Morgan fingerprint density at radius 2 is 1.69 bits per heavy atom. The van der Waals surface area contributed by atoms with Gasteiger partial charge in [0.25, 0.3) is 0 Å². The summed E-state index contributed by atoms with van der Waals surface area (Å²) in [7, 11) is 0. The van der Waals surface area contributed by atoms with Crippen molar-refractivity contribution in [3.8, 4) is 0 Å². The average Bonchev–Trinajstić information content (AvgIpc) is 3.09. The van der Waals surface area contributed by atoms with E-state index in [1.165, 1.54) is 17.0 Å². The van der Waals surface area contributed by atoms with Gasteiger partial charge in [-0.2, -0.15) is 13.2 Å². The smallest absolute Gasteiger partial charge is 0.326 e. The molecule has 0 radical (unpaired) electrons. The highest BCUT2D eigenvalue weighted by Gasteiger charge is 2.30. The zero-order valence-electron chi connectivity index (χ0n) is 16.2. The molecule has 0 amide bonds. The van der Waals surface area contributed by atoms with Gasteiger partial charge < -0.3 is 11.5 Å². The number of hydrogen-bond donors (Lipinski definition) is 2. The van der Waals surface area contributed by atoms with Crippen LogP contribution in [0.15, 0.2) is 41.8 Å². The summed E-state index contributed by atoms with van der Waals surface area (Å²) in [5, 5.41) is 2.04. The molecule has 26 heavy (non-hydrogen) atoms. The van der Waals surface area contributed by atoms with Crippen LogP contribution in [0.3, 0.4) is 0 Å². The third kappa shape index (κ3) is 10.6. The molecule has 4 N–H and O–H groups in total. The van der Waals surface area contributed by atoms with Gasteiger partial charge in [0.05, 0.1) is 5.56 Å². The minimum absolute atomic E-state index is 0.204. The van der Waals surface area contributed by atoms with Gasteiger partial charge in [-0.3, -0.25) is 0 Å². The highest BCUT2D eigenvalue weighted by Crippen LogP contribution is 2.29. The Bertz CT molecular complexity index is 600. The van der Waals surface area contributed by atoms with Crippen LogP contribution >= 0.6 is 11.3 Å². The van der Waals surface area contributed by atoms with Crippen LogP contribution in [0.4, 0.5) is 13.2 Å². The van der Waals surface area contributed by atoms with Gasteiger partial charge in [0.15, 0.2) is 0 Å². The second-order valence-electron chi connectivity index (χ2n) is 6.49.